The van der Waals surface area contributed by atoms with Crippen LogP contribution in [0, 0.1) is 6.92 Å². The smallest absolute Gasteiger partial charge is 0.258 e. The number of carbonyl (C=O) groups is 1. The van der Waals surface area contributed by atoms with Gasteiger partial charge in [0.05, 0.1) is 11.0 Å². The van der Waals surface area contributed by atoms with E-state index in [0.29, 0.717) is 23.2 Å². The van der Waals surface area contributed by atoms with Gasteiger partial charge < -0.3 is 10.3 Å². The predicted molar refractivity (Wildman–Crippen MR) is 101 cm³/mol. The zero-order chi connectivity index (χ0) is 17.4. The zero-order valence-corrected chi connectivity index (χ0v) is 14.3. The van der Waals surface area contributed by atoms with E-state index < -0.39 is 0 Å². The van der Waals surface area contributed by atoms with Crippen molar-refractivity contribution in [1.82, 2.24) is 9.55 Å². The van der Waals surface area contributed by atoms with Crippen LogP contribution in [0.5, 0.6) is 0 Å². The van der Waals surface area contributed by atoms with Crippen molar-refractivity contribution in [3.05, 3.63) is 53.6 Å². The summed E-state index contributed by atoms with van der Waals surface area (Å²) in [6.07, 6.45) is 4.69. The average Bonchev–Trinajstić information content (AvgIpc) is 3.23. The third-order valence-electron chi connectivity index (χ3n) is 5.02. The zero-order valence-electron chi connectivity index (χ0n) is 14.3. The molecule has 3 aromatic rings. The van der Waals surface area contributed by atoms with Gasteiger partial charge in [-0.1, -0.05) is 31.0 Å². The summed E-state index contributed by atoms with van der Waals surface area (Å²) < 4.78 is 2.20. The summed E-state index contributed by atoms with van der Waals surface area (Å²) in [7, 11) is 0. The molecule has 4 rings (SSSR count). The molecule has 5 nitrogen and oxygen atoms in total. The first kappa shape index (κ1) is 15.7. The van der Waals surface area contributed by atoms with Gasteiger partial charge in [0, 0.05) is 17.3 Å². The quantitative estimate of drug-likeness (QED) is 0.702. The van der Waals surface area contributed by atoms with Crippen molar-refractivity contribution >= 4 is 28.6 Å². The minimum absolute atomic E-state index is 0.167. The van der Waals surface area contributed by atoms with Gasteiger partial charge in [-0.2, -0.15) is 0 Å². The van der Waals surface area contributed by atoms with Crippen LogP contribution in [0.1, 0.15) is 47.6 Å². The molecule has 1 fully saturated rings. The molecule has 1 aliphatic rings. The molecule has 1 heterocycles. The van der Waals surface area contributed by atoms with Gasteiger partial charge in [0.25, 0.3) is 5.91 Å². The van der Waals surface area contributed by atoms with Gasteiger partial charge in [-0.25, -0.2) is 4.98 Å². The van der Waals surface area contributed by atoms with Crippen LogP contribution >= 0.6 is 0 Å². The number of hydrogen-bond donors (Lipinski definition) is 2. The van der Waals surface area contributed by atoms with E-state index in [1.54, 1.807) is 12.1 Å². The maximum atomic E-state index is 12.8. The summed E-state index contributed by atoms with van der Waals surface area (Å²) in [5.74, 6) is 0.458. The third-order valence-corrected chi connectivity index (χ3v) is 5.02. The SMILES string of the molecule is Cc1ccc(N)cc1C(=O)Nc1nc2ccccc2n1C1CCCC1. The number of aromatic nitrogens is 2. The molecule has 0 bridgehead atoms. The van der Waals surface area contributed by atoms with Crippen molar-refractivity contribution in [3.8, 4) is 0 Å². The molecule has 25 heavy (non-hydrogen) atoms. The van der Waals surface area contributed by atoms with Gasteiger partial charge in [0.1, 0.15) is 0 Å². The lowest BCUT2D eigenvalue weighted by atomic mass is 10.1. The number of nitrogens with zero attached hydrogens (tertiary/aromatic N) is 2. The third kappa shape index (κ3) is 2.86. The number of nitrogen functional groups attached to an aromatic ring is 1. The predicted octanol–water partition coefficient (Wildman–Crippen LogP) is 4.29. The van der Waals surface area contributed by atoms with E-state index >= 15 is 0 Å². The van der Waals surface area contributed by atoms with Crippen LogP contribution in [0.4, 0.5) is 11.6 Å². The Labute approximate surface area is 146 Å². The summed E-state index contributed by atoms with van der Waals surface area (Å²) in [6, 6.07) is 13.8. The van der Waals surface area contributed by atoms with Crippen molar-refractivity contribution in [2.24, 2.45) is 0 Å². The molecule has 1 aromatic heterocycles. The van der Waals surface area contributed by atoms with Gasteiger partial charge in [0.15, 0.2) is 0 Å². The molecular weight excluding hydrogens is 312 g/mol. The molecule has 0 saturated heterocycles. The van der Waals surface area contributed by atoms with E-state index in [1.807, 2.05) is 31.2 Å². The molecule has 3 N–H and O–H groups in total. The van der Waals surface area contributed by atoms with E-state index in [-0.39, 0.29) is 5.91 Å². The highest BCUT2D eigenvalue weighted by Gasteiger charge is 2.24. The molecule has 0 spiro atoms. The standard InChI is InChI=1S/C20H22N4O/c1-13-10-11-14(21)12-16(13)19(25)23-20-22-17-8-4-5-9-18(17)24(20)15-6-2-3-7-15/h4-5,8-12,15H,2-3,6-7,21H2,1H3,(H,22,23,25). The number of imidazole rings is 1. The first-order chi connectivity index (χ1) is 12.1. The Morgan fingerprint density at radius 2 is 1.96 bits per heavy atom. The molecule has 1 aliphatic carbocycles. The number of amides is 1. The van der Waals surface area contributed by atoms with E-state index in [9.17, 15) is 4.79 Å². The molecule has 128 valence electrons. The maximum absolute atomic E-state index is 12.8. The monoisotopic (exact) mass is 334 g/mol. The van der Waals surface area contributed by atoms with Crippen molar-refractivity contribution < 1.29 is 4.79 Å². The molecule has 0 unspecified atom stereocenters. The van der Waals surface area contributed by atoms with E-state index in [2.05, 4.69) is 20.9 Å². The second-order valence-corrected chi connectivity index (χ2v) is 6.76. The average molecular weight is 334 g/mol. The number of hydrogen-bond acceptors (Lipinski definition) is 3. The first-order valence-electron chi connectivity index (χ1n) is 8.78. The number of carbonyl (C=O) groups excluding carboxylic acids is 1. The number of aryl methyl sites for hydroxylation is 1. The molecule has 2 aromatic carbocycles. The Morgan fingerprint density at radius 1 is 1.20 bits per heavy atom. The van der Waals surface area contributed by atoms with Crippen LogP contribution in [-0.4, -0.2) is 15.5 Å². The second kappa shape index (κ2) is 6.24. The minimum atomic E-state index is -0.167. The van der Waals surface area contributed by atoms with Crippen molar-refractivity contribution in [2.75, 3.05) is 11.1 Å². The second-order valence-electron chi connectivity index (χ2n) is 6.76. The number of nitrogens with one attached hydrogen (secondary N) is 1. The number of para-hydroxylation sites is 2. The fraction of sp³-hybridized carbons (Fsp3) is 0.300. The van der Waals surface area contributed by atoms with Gasteiger partial charge in [0.2, 0.25) is 5.95 Å². The van der Waals surface area contributed by atoms with E-state index in [0.717, 1.165) is 29.4 Å². The number of benzene rings is 2. The molecular formula is C20H22N4O. The fourth-order valence-corrected chi connectivity index (χ4v) is 3.72. The van der Waals surface area contributed by atoms with E-state index in [4.69, 9.17) is 5.73 Å². The summed E-state index contributed by atoms with van der Waals surface area (Å²) in [5.41, 5.74) is 9.91. The maximum Gasteiger partial charge on any atom is 0.258 e. The highest BCUT2D eigenvalue weighted by atomic mass is 16.1. The Bertz CT molecular complexity index is 938. The molecule has 5 heteroatoms. The van der Waals surface area contributed by atoms with Crippen LogP contribution in [0.2, 0.25) is 0 Å². The highest BCUT2D eigenvalue weighted by Crippen LogP contribution is 2.35. The van der Waals surface area contributed by atoms with Crippen LogP contribution in [0.15, 0.2) is 42.5 Å². The first-order valence-corrected chi connectivity index (χ1v) is 8.78. The lowest BCUT2D eigenvalue weighted by molar-refractivity contribution is 0.102. The van der Waals surface area contributed by atoms with Crippen molar-refractivity contribution in [2.45, 2.75) is 38.6 Å². The molecule has 0 radical (unpaired) electrons. The Kier molecular flexibility index (Phi) is 3.92. The Hall–Kier alpha value is -2.82. The van der Waals surface area contributed by atoms with Crippen LogP contribution < -0.4 is 11.1 Å². The van der Waals surface area contributed by atoms with Gasteiger partial charge in [-0.3, -0.25) is 10.1 Å². The summed E-state index contributed by atoms with van der Waals surface area (Å²) >= 11 is 0. The molecule has 1 amide bonds. The van der Waals surface area contributed by atoms with Crippen LogP contribution in [-0.2, 0) is 0 Å². The molecule has 0 atom stereocenters. The number of anilines is 2. The normalized spacial score (nSPS) is 14.9. The minimum Gasteiger partial charge on any atom is -0.399 e. The van der Waals surface area contributed by atoms with Crippen LogP contribution in [0.25, 0.3) is 11.0 Å². The topological polar surface area (TPSA) is 72.9 Å². The highest BCUT2D eigenvalue weighted by molar-refractivity contribution is 6.05. The summed E-state index contributed by atoms with van der Waals surface area (Å²) in [4.78, 5) is 17.5. The van der Waals surface area contributed by atoms with Crippen molar-refractivity contribution in [3.63, 3.8) is 0 Å². The van der Waals surface area contributed by atoms with Crippen molar-refractivity contribution in [1.29, 1.82) is 0 Å². The number of rotatable bonds is 3. The van der Waals surface area contributed by atoms with Crippen LogP contribution in [0.3, 0.4) is 0 Å². The number of fused-ring (bicyclic) bond motifs is 1. The lowest BCUT2D eigenvalue weighted by Gasteiger charge is -2.17. The number of nitrogens with two attached hydrogens (primary N) is 1. The lowest BCUT2D eigenvalue weighted by Crippen LogP contribution is -2.18. The van der Waals surface area contributed by atoms with Gasteiger partial charge >= 0.3 is 0 Å². The molecule has 1 saturated carbocycles. The van der Waals surface area contributed by atoms with E-state index in [1.165, 1.54) is 12.8 Å². The summed E-state index contributed by atoms with van der Waals surface area (Å²) in [5, 5.41) is 3.02. The fourth-order valence-electron chi connectivity index (χ4n) is 3.72. The Balaban J connectivity index is 1.74. The summed E-state index contributed by atoms with van der Waals surface area (Å²) in [6.45, 7) is 1.91. The van der Waals surface area contributed by atoms with Gasteiger partial charge in [-0.15, -0.1) is 0 Å². The van der Waals surface area contributed by atoms with Gasteiger partial charge in [-0.05, 0) is 49.6 Å². The Morgan fingerprint density at radius 3 is 2.76 bits per heavy atom. The molecule has 0 aliphatic heterocycles. The largest absolute Gasteiger partial charge is 0.399 e.